The first-order valence-corrected chi connectivity index (χ1v) is 7.04. The first-order chi connectivity index (χ1) is 9.45. The molecular weight excluding hydrogens is 252 g/mol. The smallest absolute Gasteiger partial charge is 0.238 e. The Labute approximate surface area is 120 Å². The van der Waals surface area contributed by atoms with Gasteiger partial charge in [-0.1, -0.05) is 6.07 Å². The third kappa shape index (κ3) is 3.71. The fourth-order valence-electron chi connectivity index (χ4n) is 2.43. The number of carbonyl (C=O) groups is 1. The van der Waals surface area contributed by atoms with E-state index < -0.39 is 0 Å². The molecule has 5 nitrogen and oxygen atoms in total. The number of likely N-dealkylation sites (N-methyl/N-ethyl adjacent to an activating group) is 1. The van der Waals surface area contributed by atoms with Gasteiger partial charge >= 0.3 is 0 Å². The number of nitrogens with zero attached hydrogens (tertiary/aromatic N) is 2. The maximum absolute atomic E-state index is 12.1. The summed E-state index contributed by atoms with van der Waals surface area (Å²) in [5, 5.41) is 2.95. The van der Waals surface area contributed by atoms with Crippen molar-refractivity contribution in [2.24, 2.45) is 0 Å². The lowest BCUT2D eigenvalue weighted by atomic mass is 10.1. The Kier molecular flexibility index (Phi) is 4.62. The van der Waals surface area contributed by atoms with E-state index in [1.807, 2.05) is 19.1 Å². The van der Waals surface area contributed by atoms with Crippen molar-refractivity contribution < 1.29 is 4.79 Å². The number of benzene rings is 1. The zero-order valence-corrected chi connectivity index (χ0v) is 12.5. The van der Waals surface area contributed by atoms with Gasteiger partial charge in [0, 0.05) is 37.1 Å². The molecule has 1 aromatic rings. The molecule has 0 spiro atoms. The van der Waals surface area contributed by atoms with Gasteiger partial charge in [0.25, 0.3) is 0 Å². The van der Waals surface area contributed by atoms with E-state index in [1.165, 1.54) is 0 Å². The monoisotopic (exact) mass is 276 g/mol. The highest BCUT2D eigenvalue weighted by Crippen LogP contribution is 2.18. The van der Waals surface area contributed by atoms with Crippen molar-refractivity contribution in [3.63, 3.8) is 0 Å². The van der Waals surface area contributed by atoms with Gasteiger partial charge in [-0.2, -0.15) is 0 Å². The lowest BCUT2D eigenvalue weighted by molar-refractivity contribution is -0.117. The summed E-state index contributed by atoms with van der Waals surface area (Å²) in [7, 11) is 2.12. The fourth-order valence-corrected chi connectivity index (χ4v) is 2.43. The highest BCUT2D eigenvalue weighted by atomic mass is 16.2. The van der Waals surface area contributed by atoms with Gasteiger partial charge < -0.3 is 16.0 Å². The van der Waals surface area contributed by atoms with Gasteiger partial charge in [-0.3, -0.25) is 9.69 Å². The number of nitrogens with one attached hydrogen (secondary N) is 1. The predicted molar refractivity (Wildman–Crippen MR) is 82.8 cm³/mol. The minimum Gasteiger partial charge on any atom is -0.399 e. The van der Waals surface area contributed by atoms with Crippen LogP contribution >= 0.6 is 0 Å². The lowest BCUT2D eigenvalue weighted by Crippen LogP contribution is -2.51. The van der Waals surface area contributed by atoms with Gasteiger partial charge in [-0.25, -0.2) is 0 Å². The van der Waals surface area contributed by atoms with E-state index in [1.54, 1.807) is 6.07 Å². The summed E-state index contributed by atoms with van der Waals surface area (Å²) in [4.78, 5) is 16.6. The van der Waals surface area contributed by atoms with Crippen molar-refractivity contribution in [1.29, 1.82) is 0 Å². The fraction of sp³-hybridized carbons (Fsp3) is 0.533. The normalized spacial score (nSPS) is 20.9. The van der Waals surface area contributed by atoms with Crippen molar-refractivity contribution in [2.75, 3.05) is 44.3 Å². The second-order valence-corrected chi connectivity index (χ2v) is 5.69. The van der Waals surface area contributed by atoms with Gasteiger partial charge in [0.15, 0.2) is 0 Å². The number of nitrogens with two attached hydrogens (primary N) is 1. The maximum atomic E-state index is 12.1. The molecule has 0 aromatic heterocycles. The molecular formula is C15H24N4O. The standard InChI is InChI=1S/C15H24N4O/c1-11-4-5-13(16)8-14(11)17-15(20)10-19-7-6-18(3)12(2)9-19/h4-5,8,12H,6-7,9-10,16H2,1-3H3,(H,17,20). The molecule has 0 saturated carbocycles. The number of anilines is 2. The number of amides is 1. The molecule has 0 radical (unpaired) electrons. The van der Waals surface area contributed by atoms with Crippen molar-refractivity contribution in [3.05, 3.63) is 23.8 Å². The topological polar surface area (TPSA) is 61.6 Å². The maximum Gasteiger partial charge on any atom is 0.238 e. The van der Waals surface area contributed by atoms with Crippen LogP contribution in [0.3, 0.4) is 0 Å². The molecule has 110 valence electrons. The highest BCUT2D eigenvalue weighted by molar-refractivity contribution is 5.93. The lowest BCUT2D eigenvalue weighted by Gasteiger charge is -2.37. The second-order valence-electron chi connectivity index (χ2n) is 5.69. The Balaban J connectivity index is 1.91. The highest BCUT2D eigenvalue weighted by Gasteiger charge is 2.22. The third-order valence-corrected chi connectivity index (χ3v) is 3.95. The number of aryl methyl sites for hydroxylation is 1. The molecule has 3 N–H and O–H groups in total. The number of hydrogen-bond acceptors (Lipinski definition) is 4. The average molecular weight is 276 g/mol. The molecule has 2 rings (SSSR count). The minimum absolute atomic E-state index is 0.0236. The van der Waals surface area contributed by atoms with E-state index in [-0.39, 0.29) is 5.91 Å². The summed E-state index contributed by atoms with van der Waals surface area (Å²) in [5.41, 5.74) is 8.25. The van der Waals surface area contributed by atoms with E-state index in [0.29, 0.717) is 18.3 Å². The molecule has 1 saturated heterocycles. The summed E-state index contributed by atoms with van der Waals surface area (Å²) < 4.78 is 0. The number of nitrogen functional groups attached to an aromatic ring is 1. The van der Waals surface area contributed by atoms with E-state index in [9.17, 15) is 4.79 Å². The SMILES string of the molecule is Cc1ccc(N)cc1NC(=O)CN1CCN(C)C(C)C1. The molecule has 1 aliphatic rings. The van der Waals surface area contributed by atoms with Crippen LogP contribution in [0.5, 0.6) is 0 Å². The zero-order valence-electron chi connectivity index (χ0n) is 12.5. The Bertz CT molecular complexity index is 489. The number of rotatable bonds is 3. The Morgan fingerprint density at radius 3 is 2.90 bits per heavy atom. The van der Waals surface area contributed by atoms with Gasteiger partial charge in [-0.05, 0) is 38.6 Å². The molecule has 1 unspecified atom stereocenters. The van der Waals surface area contributed by atoms with Crippen LogP contribution in [0.15, 0.2) is 18.2 Å². The zero-order chi connectivity index (χ0) is 14.7. The van der Waals surface area contributed by atoms with Crippen LogP contribution in [0.4, 0.5) is 11.4 Å². The number of carbonyl (C=O) groups excluding carboxylic acids is 1. The summed E-state index contributed by atoms with van der Waals surface area (Å²) in [6.45, 7) is 7.46. The molecule has 1 amide bonds. The Hall–Kier alpha value is -1.59. The molecule has 1 atom stereocenters. The molecule has 1 aliphatic heterocycles. The van der Waals surface area contributed by atoms with E-state index in [0.717, 1.165) is 30.9 Å². The van der Waals surface area contributed by atoms with E-state index in [2.05, 4.69) is 29.1 Å². The quantitative estimate of drug-likeness (QED) is 0.813. The number of piperazine rings is 1. The molecule has 0 aliphatic carbocycles. The molecule has 5 heteroatoms. The van der Waals surface area contributed by atoms with E-state index >= 15 is 0 Å². The van der Waals surface area contributed by atoms with E-state index in [4.69, 9.17) is 5.73 Å². The van der Waals surface area contributed by atoms with Crippen LogP contribution in [-0.2, 0) is 4.79 Å². The summed E-state index contributed by atoms with van der Waals surface area (Å²) in [6.07, 6.45) is 0. The second kappa shape index (κ2) is 6.24. The van der Waals surface area contributed by atoms with Crippen LogP contribution in [0.2, 0.25) is 0 Å². The number of hydrogen-bond donors (Lipinski definition) is 2. The Morgan fingerprint density at radius 1 is 1.45 bits per heavy atom. The molecule has 20 heavy (non-hydrogen) atoms. The largest absolute Gasteiger partial charge is 0.399 e. The van der Waals surface area contributed by atoms with Crippen LogP contribution in [0.1, 0.15) is 12.5 Å². The predicted octanol–water partition coefficient (Wildman–Crippen LogP) is 1.15. The van der Waals surface area contributed by atoms with Gasteiger partial charge in [0.05, 0.1) is 6.54 Å². The molecule has 1 heterocycles. The molecule has 0 bridgehead atoms. The minimum atomic E-state index is 0.0236. The van der Waals surface area contributed by atoms with Crippen LogP contribution in [0, 0.1) is 6.92 Å². The van der Waals surface area contributed by atoms with Crippen LogP contribution in [0.25, 0.3) is 0 Å². The van der Waals surface area contributed by atoms with Gasteiger partial charge in [0.1, 0.15) is 0 Å². The van der Waals surface area contributed by atoms with Crippen molar-refractivity contribution in [3.8, 4) is 0 Å². The van der Waals surface area contributed by atoms with Gasteiger partial charge in [-0.15, -0.1) is 0 Å². The van der Waals surface area contributed by atoms with Crippen LogP contribution < -0.4 is 11.1 Å². The van der Waals surface area contributed by atoms with Gasteiger partial charge in [0.2, 0.25) is 5.91 Å². The first-order valence-electron chi connectivity index (χ1n) is 7.04. The third-order valence-electron chi connectivity index (χ3n) is 3.95. The van der Waals surface area contributed by atoms with Crippen LogP contribution in [-0.4, -0.2) is 55.0 Å². The molecule has 1 fully saturated rings. The summed E-state index contributed by atoms with van der Waals surface area (Å²) in [6, 6.07) is 6.06. The molecule has 1 aromatic carbocycles. The summed E-state index contributed by atoms with van der Waals surface area (Å²) in [5.74, 6) is 0.0236. The van der Waals surface area contributed by atoms with Crippen molar-refractivity contribution in [2.45, 2.75) is 19.9 Å². The van der Waals surface area contributed by atoms with Crippen molar-refractivity contribution >= 4 is 17.3 Å². The first kappa shape index (κ1) is 14.8. The average Bonchev–Trinajstić information content (AvgIpc) is 2.38. The summed E-state index contributed by atoms with van der Waals surface area (Å²) >= 11 is 0. The van der Waals surface area contributed by atoms with Crippen molar-refractivity contribution in [1.82, 2.24) is 9.80 Å². The Morgan fingerprint density at radius 2 is 2.20 bits per heavy atom.